The van der Waals surface area contributed by atoms with E-state index in [1.54, 1.807) is 5.57 Å². The van der Waals surface area contributed by atoms with Crippen molar-refractivity contribution in [1.82, 2.24) is 0 Å². The molecule has 1 aliphatic rings. The molecule has 3 atom stereocenters. The van der Waals surface area contributed by atoms with Crippen molar-refractivity contribution in [2.45, 2.75) is 122 Å². The van der Waals surface area contributed by atoms with E-state index < -0.39 is 0 Å². The first kappa shape index (κ1) is 30.6. The first-order valence-electron chi connectivity index (χ1n) is 10.3. The highest BCUT2D eigenvalue weighted by molar-refractivity contribution is 5.14. The standard InChI is InChI=1S/C16H30.3C2H6.CH4/c1-6-9-15-10-11-16(5,13(4)7-2)12-14(15)8-3;3*1-2;/h10,13-14H,6-9,11-12H2,1-5H3;3*1-2H3;1H4/t13?,14-,16?;;;;/m1..../s1. The fourth-order valence-corrected chi connectivity index (χ4v) is 3.20. The maximum absolute atomic E-state index is 2.58. The van der Waals surface area contributed by atoms with E-state index in [9.17, 15) is 0 Å². The first-order chi connectivity index (χ1) is 10.6. The molecule has 144 valence electrons. The van der Waals surface area contributed by atoms with Gasteiger partial charge in [-0.15, -0.1) is 0 Å². The Balaban J connectivity index is -0.000000231. The van der Waals surface area contributed by atoms with Crippen molar-refractivity contribution >= 4 is 0 Å². The van der Waals surface area contributed by atoms with E-state index in [4.69, 9.17) is 0 Å². The maximum Gasteiger partial charge on any atom is -0.0200 e. The third kappa shape index (κ3) is 11.0. The van der Waals surface area contributed by atoms with Crippen molar-refractivity contribution < 1.29 is 0 Å². The minimum atomic E-state index is 0. The monoisotopic (exact) mass is 328 g/mol. The second-order valence-electron chi connectivity index (χ2n) is 6.01. The third-order valence-electron chi connectivity index (χ3n) is 4.90. The minimum Gasteiger partial charge on any atom is -0.0845 e. The van der Waals surface area contributed by atoms with Crippen LogP contribution in [0.15, 0.2) is 11.6 Å². The molecule has 0 aromatic rings. The van der Waals surface area contributed by atoms with E-state index in [1.165, 1.54) is 38.5 Å². The smallest absolute Gasteiger partial charge is 0.0200 e. The summed E-state index contributed by atoms with van der Waals surface area (Å²) in [4.78, 5) is 0. The van der Waals surface area contributed by atoms with Gasteiger partial charge in [0.1, 0.15) is 0 Å². The van der Waals surface area contributed by atoms with Crippen LogP contribution < -0.4 is 0 Å². The molecule has 2 unspecified atom stereocenters. The highest BCUT2D eigenvalue weighted by Gasteiger charge is 2.35. The molecule has 0 radical (unpaired) electrons. The molecule has 1 rings (SSSR count). The van der Waals surface area contributed by atoms with E-state index in [-0.39, 0.29) is 7.43 Å². The molecule has 0 aromatic heterocycles. The Labute approximate surface area is 151 Å². The molecule has 0 aromatic carbocycles. The predicted molar refractivity (Wildman–Crippen MR) is 114 cm³/mol. The Morgan fingerprint density at radius 3 is 1.87 bits per heavy atom. The third-order valence-corrected chi connectivity index (χ3v) is 4.90. The lowest BCUT2D eigenvalue weighted by Gasteiger charge is -2.42. The normalized spacial score (nSPS) is 23.3. The second-order valence-corrected chi connectivity index (χ2v) is 6.01. The second kappa shape index (κ2) is 19.8. The summed E-state index contributed by atoms with van der Waals surface area (Å²) < 4.78 is 0. The van der Waals surface area contributed by atoms with Gasteiger partial charge in [-0.1, -0.05) is 108 Å². The zero-order chi connectivity index (χ0) is 18.2. The van der Waals surface area contributed by atoms with Crippen LogP contribution in [-0.2, 0) is 0 Å². The molecule has 0 saturated carbocycles. The van der Waals surface area contributed by atoms with Crippen molar-refractivity contribution in [1.29, 1.82) is 0 Å². The van der Waals surface area contributed by atoms with Crippen LogP contribution in [0.3, 0.4) is 0 Å². The SMILES string of the molecule is C.CC.CC.CC.CCCC1=CCC(C)(C(C)CC)C[C@H]1CC. The van der Waals surface area contributed by atoms with Crippen LogP contribution in [-0.4, -0.2) is 0 Å². The molecule has 0 saturated heterocycles. The van der Waals surface area contributed by atoms with Crippen LogP contribution >= 0.6 is 0 Å². The molecule has 0 fully saturated rings. The molecular weight excluding hydrogens is 276 g/mol. The summed E-state index contributed by atoms with van der Waals surface area (Å²) in [5.74, 6) is 1.73. The lowest BCUT2D eigenvalue weighted by atomic mass is 9.63. The van der Waals surface area contributed by atoms with Gasteiger partial charge >= 0.3 is 0 Å². The van der Waals surface area contributed by atoms with Crippen LogP contribution in [0.25, 0.3) is 0 Å². The van der Waals surface area contributed by atoms with Gasteiger partial charge < -0.3 is 0 Å². The average molecular weight is 329 g/mol. The largest absolute Gasteiger partial charge is 0.0845 e. The van der Waals surface area contributed by atoms with Gasteiger partial charge in [0.2, 0.25) is 0 Å². The molecule has 1 aliphatic carbocycles. The molecule has 0 N–H and O–H groups in total. The van der Waals surface area contributed by atoms with Crippen LogP contribution in [0.1, 0.15) is 122 Å². The zero-order valence-corrected chi connectivity index (χ0v) is 18.0. The summed E-state index contributed by atoms with van der Waals surface area (Å²) in [6.07, 6.45) is 10.6. The number of hydrogen-bond acceptors (Lipinski definition) is 0. The van der Waals surface area contributed by atoms with E-state index in [0.29, 0.717) is 5.41 Å². The number of hydrogen-bond donors (Lipinski definition) is 0. The van der Waals surface area contributed by atoms with E-state index in [2.05, 4.69) is 40.7 Å². The lowest BCUT2D eigenvalue weighted by molar-refractivity contribution is 0.142. The van der Waals surface area contributed by atoms with Crippen LogP contribution in [0.2, 0.25) is 0 Å². The molecular formula is C23H52. The Bertz CT molecular complexity index is 238. The Morgan fingerprint density at radius 2 is 1.52 bits per heavy atom. The van der Waals surface area contributed by atoms with Crippen molar-refractivity contribution in [2.75, 3.05) is 0 Å². The highest BCUT2D eigenvalue weighted by atomic mass is 14.4. The van der Waals surface area contributed by atoms with Crippen LogP contribution in [0.4, 0.5) is 0 Å². The molecule has 0 aliphatic heterocycles. The summed E-state index contributed by atoms with van der Waals surface area (Å²) in [7, 11) is 0. The number of rotatable bonds is 5. The van der Waals surface area contributed by atoms with Gasteiger partial charge in [0.05, 0.1) is 0 Å². The predicted octanol–water partition coefficient (Wildman–Crippen LogP) is 9.30. The molecule has 0 heterocycles. The van der Waals surface area contributed by atoms with E-state index in [1.807, 2.05) is 41.5 Å². The fraction of sp³-hybridized carbons (Fsp3) is 0.913. The zero-order valence-electron chi connectivity index (χ0n) is 18.0. The van der Waals surface area contributed by atoms with Gasteiger partial charge in [-0.2, -0.15) is 0 Å². The molecule has 0 amide bonds. The van der Waals surface area contributed by atoms with Crippen LogP contribution in [0, 0.1) is 17.3 Å². The number of allylic oxidation sites excluding steroid dienone is 2. The summed E-state index contributed by atoms with van der Waals surface area (Å²) >= 11 is 0. The van der Waals surface area contributed by atoms with Gasteiger partial charge in [-0.3, -0.25) is 0 Å². The van der Waals surface area contributed by atoms with Gasteiger partial charge in [-0.05, 0) is 42.9 Å². The van der Waals surface area contributed by atoms with Gasteiger partial charge in [0.25, 0.3) is 0 Å². The molecule has 0 heteroatoms. The van der Waals surface area contributed by atoms with Crippen LogP contribution in [0.5, 0.6) is 0 Å². The maximum atomic E-state index is 2.58. The Kier molecular flexibility index (Phi) is 26.3. The lowest BCUT2D eigenvalue weighted by Crippen LogP contribution is -2.31. The first-order valence-corrected chi connectivity index (χ1v) is 10.3. The Hall–Kier alpha value is -0.260. The summed E-state index contributed by atoms with van der Waals surface area (Å²) in [5, 5.41) is 0. The molecule has 0 nitrogen and oxygen atoms in total. The van der Waals surface area contributed by atoms with Crippen molar-refractivity contribution in [3.8, 4) is 0 Å². The van der Waals surface area contributed by atoms with Crippen molar-refractivity contribution in [2.24, 2.45) is 17.3 Å². The summed E-state index contributed by atoms with van der Waals surface area (Å²) in [5.41, 5.74) is 2.32. The van der Waals surface area contributed by atoms with Gasteiger partial charge in [-0.25, -0.2) is 0 Å². The van der Waals surface area contributed by atoms with Crippen molar-refractivity contribution in [3.63, 3.8) is 0 Å². The average Bonchev–Trinajstić information content (AvgIpc) is 2.61. The molecule has 0 bridgehead atoms. The van der Waals surface area contributed by atoms with E-state index in [0.717, 1.165) is 11.8 Å². The van der Waals surface area contributed by atoms with Gasteiger partial charge in [0.15, 0.2) is 0 Å². The Morgan fingerprint density at radius 1 is 1.04 bits per heavy atom. The fourth-order valence-electron chi connectivity index (χ4n) is 3.20. The topological polar surface area (TPSA) is 0 Å². The summed E-state index contributed by atoms with van der Waals surface area (Å²) in [6.45, 7) is 23.9. The van der Waals surface area contributed by atoms with Gasteiger partial charge in [0, 0.05) is 0 Å². The highest BCUT2D eigenvalue weighted by Crippen LogP contribution is 2.46. The molecule has 0 spiro atoms. The van der Waals surface area contributed by atoms with Crippen molar-refractivity contribution in [3.05, 3.63) is 11.6 Å². The molecule has 23 heavy (non-hydrogen) atoms. The van der Waals surface area contributed by atoms with E-state index >= 15 is 0 Å². The minimum absolute atomic E-state index is 0. The quantitative estimate of drug-likeness (QED) is 0.441. The summed E-state index contributed by atoms with van der Waals surface area (Å²) in [6, 6.07) is 0.